The molecule has 0 aliphatic carbocycles. The van der Waals surface area contributed by atoms with Gasteiger partial charge in [0.1, 0.15) is 0 Å². The summed E-state index contributed by atoms with van der Waals surface area (Å²) in [5, 5.41) is 3.35. The van der Waals surface area contributed by atoms with E-state index in [1.54, 1.807) is 0 Å². The van der Waals surface area contributed by atoms with Crippen molar-refractivity contribution < 1.29 is 0 Å². The van der Waals surface area contributed by atoms with Gasteiger partial charge in [-0.05, 0) is 38.4 Å². The Kier molecular flexibility index (Phi) is 5.94. The van der Waals surface area contributed by atoms with Crippen LogP contribution in [0.1, 0.15) is 26.2 Å². The van der Waals surface area contributed by atoms with Crippen LogP contribution in [0.4, 0.5) is 5.69 Å². The molecule has 1 unspecified atom stereocenters. The van der Waals surface area contributed by atoms with E-state index in [0.717, 1.165) is 6.54 Å². The van der Waals surface area contributed by atoms with Crippen LogP contribution >= 0.6 is 0 Å². The lowest BCUT2D eigenvalue weighted by Crippen LogP contribution is -2.26. The molecule has 2 heteroatoms. The minimum Gasteiger partial charge on any atom is -0.375 e. The Morgan fingerprint density at radius 1 is 1.25 bits per heavy atom. The third-order valence-electron chi connectivity index (χ3n) is 3.14. The molecule has 16 heavy (non-hydrogen) atoms. The highest BCUT2D eigenvalue weighted by Gasteiger charge is 2.04. The Bertz CT molecular complexity index is 267. The van der Waals surface area contributed by atoms with Crippen molar-refractivity contribution in [2.75, 3.05) is 25.5 Å². The first-order chi connectivity index (χ1) is 7.77. The van der Waals surface area contributed by atoms with Crippen LogP contribution in [-0.4, -0.2) is 26.7 Å². The van der Waals surface area contributed by atoms with Crippen LogP contribution < -0.4 is 10.2 Å². The second-order valence-electron chi connectivity index (χ2n) is 4.29. The zero-order valence-corrected chi connectivity index (χ0v) is 10.7. The van der Waals surface area contributed by atoms with Crippen molar-refractivity contribution in [1.29, 1.82) is 0 Å². The average molecular weight is 220 g/mol. The van der Waals surface area contributed by atoms with Crippen molar-refractivity contribution in [3.8, 4) is 0 Å². The van der Waals surface area contributed by atoms with Crippen LogP contribution in [0.5, 0.6) is 0 Å². The molecule has 0 saturated carbocycles. The zero-order valence-electron chi connectivity index (χ0n) is 10.7. The summed E-state index contributed by atoms with van der Waals surface area (Å²) in [6, 6.07) is 11.2. The minimum atomic E-state index is 0.671. The highest BCUT2D eigenvalue weighted by atomic mass is 15.1. The van der Waals surface area contributed by atoms with Crippen molar-refractivity contribution in [2.24, 2.45) is 0 Å². The Morgan fingerprint density at radius 3 is 2.50 bits per heavy atom. The van der Waals surface area contributed by atoms with Gasteiger partial charge in [-0.3, -0.25) is 0 Å². The molecule has 0 bridgehead atoms. The van der Waals surface area contributed by atoms with Crippen LogP contribution in [-0.2, 0) is 0 Å². The first-order valence-electron chi connectivity index (χ1n) is 6.21. The van der Waals surface area contributed by atoms with Gasteiger partial charge in [0.2, 0.25) is 0 Å². The molecule has 2 nitrogen and oxygen atoms in total. The van der Waals surface area contributed by atoms with Crippen LogP contribution in [0.15, 0.2) is 30.3 Å². The molecular formula is C14H24N2. The maximum atomic E-state index is 3.35. The van der Waals surface area contributed by atoms with Gasteiger partial charge in [0.05, 0.1) is 0 Å². The van der Waals surface area contributed by atoms with Gasteiger partial charge in [0.25, 0.3) is 0 Å². The summed E-state index contributed by atoms with van der Waals surface area (Å²) in [5.41, 5.74) is 1.31. The lowest BCUT2D eigenvalue weighted by Gasteiger charge is -2.21. The molecule has 0 saturated heterocycles. The standard InChI is InChI=1S/C14H24N2/c1-4-13(15-2)9-8-12-16(3)14-10-6-5-7-11-14/h5-7,10-11,13,15H,4,8-9,12H2,1-3H3. The summed E-state index contributed by atoms with van der Waals surface area (Å²) in [6.07, 6.45) is 3.71. The molecule has 1 atom stereocenters. The molecule has 0 aliphatic heterocycles. The lowest BCUT2D eigenvalue weighted by atomic mass is 10.1. The van der Waals surface area contributed by atoms with Crippen molar-refractivity contribution in [3.63, 3.8) is 0 Å². The van der Waals surface area contributed by atoms with Gasteiger partial charge in [-0.2, -0.15) is 0 Å². The highest BCUT2D eigenvalue weighted by Crippen LogP contribution is 2.12. The summed E-state index contributed by atoms with van der Waals surface area (Å²) in [5.74, 6) is 0. The molecule has 0 amide bonds. The molecule has 1 aromatic carbocycles. The van der Waals surface area contributed by atoms with E-state index in [-0.39, 0.29) is 0 Å². The molecule has 0 fully saturated rings. The van der Waals surface area contributed by atoms with Crippen LogP contribution in [0.25, 0.3) is 0 Å². The SMILES string of the molecule is CCC(CCCN(C)c1ccccc1)NC. The topological polar surface area (TPSA) is 15.3 Å². The fourth-order valence-corrected chi connectivity index (χ4v) is 1.94. The third kappa shape index (κ3) is 4.23. The Morgan fingerprint density at radius 2 is 1.94 bits per heavy atom. The zero-order chi connectivity index (χ0) is 11.8. The van der Waals surface area contributed by atoms with E-state index < -0.39 is 0 Å². The van der Waals surface area contributed by atoms with E-state index in [1.165, 1.54) is 24.9 Å². The molecule has 0 spiro atoms. The second-order valence-corrected chi connectivity index (χ2v) is 4.29. The highest BCUT2D eigenvalue weighted by molar-refractivity contribution is 5.44. The molecule has 90 valence electrons. The quantitative estimate of drug-likeness (QED) is 0.760. The maximum Gasteiger partial charge on any atom is 0.0363 e. The summed E-state index contributed by atoms with van der Waals surface area (Å²) < 4.78 is 0. The number of benzene rings is 1. The van der Waals surface area contributed by atoms with E-state index in [9.17, 15) is 0 Å². The predicted octanol–water partition coefficient (Wildman–Crippen LogP) is 2.90. The molecule has 0 aliphatic rings. The first-order valence-corrected chi connectivity index (χ1v) is 6.21. The van der Waals surface area contributed by atoms with Crippen LogP contribution in [0.3, 0.4) is 0 Å². The first kappa shape index (κ1) is 13.0. The molecule has 0 aromatic heterocycles. The molecule has 1 N–H and O–H groups in total. The van der Waals surface area contributed by atoms with Gasteiger partial charge in [-0.1, -0.05) is 25.1 Å². The molecule has 0 radical (unpaired) electrons. The largest absolute Gasteiger partial charge is 0.375 e. The number of hydrogen-bond donors (Lipinski definition) is 1. The molecule has 1 rings (SSSR count). The fraction of sp³-hybridized carbons (Fsp3) is 0.571. The van der Waals surface area contributed by atoms with Crippen LogP contribution in [0, 0.1) is 0 Å². The minimum absolute atomic E-state index is 0.671. The van der Waals surface area contributed by atoms with E-state index >= 15 is 0 Å². The molecule has 1 aromatic rings. The Labute approximate surface area is 99.7 Å². The molecular weight excluding hydrogens is 196 g/mol. The van der Waals surface area contributed by atoms with E-state index in [0.29, 0.717) is 6.04 Å². The third-order valence-corrected chi connectivity index (χ3v) is 3.14. The van der Waals surface area contributed by atoms with E-state index in [4.69, 9.17) is 0 Å². The Balaban J connectivity index is 2.28. The molecule has 0 heterocycles. The average Bonchev–Trinajstić information content (AvgIpc) is 2.35. The summed E-state index contributed by atoms with van der Waals surface area (Å²) in [7, 11) is 4.21. The summed E-state index contributed by atoms with van der Waals surface area (Å²) in [4.78, 5) is 2.32. The maximum absolute atomic E-state index is 3.35. The van der Waals surface area contributed by atoms with Gasteiger partial charge in [0, 0.05) is 25.3 Å². The number of nitrogens with one attached hydrogen (secondary N) is 1. The van der Waals surface area contributed by atoms with Gasteiger partial charge in [0.15, 0.2) is 0 Å². The van der Waals surface area contributed by atoms with Crippen molar-refractivity contribution in [3.05, 3.63) is 30.3 Å². The van der Waals surface area contributed by atoms with Gasteiger partial charge in [-0.25, -0.2) is 0 Å². The van der Waals surface area contributed by atoms with E-state index in [1.807, 2.05) is 0 Å². The van der Waals surface area contributed by atoms with Crippen molar-refractivity contribution in [2.45, 2.75) is 32.2 Å². The van der Waals surface area contributed by atoms with Crippen molar-refractivity contribution in [1.82, 2.24) is 5.32 Å². The van der Waals surface area contributed by atoms with Crippen molar-refractivity contribution >= 4 is 5.69 Å². The summed E-state index contributed by atoms with van der Waals surface area (Å²) >= 11 is 0. The number of hydrogen-bond acceptors (Lipinski definition) is 2. The second kappa shape index (κ2) is 7.29. The predicted molar refractivity (Wildman–Crippen MR) is 72.1 cm³/mol. The van der Waals surface area contributed by atoms with Crippen LogP contribution in [0.2, 0.25) is 0 Å². The number of anilines is 1. The smallest absolute Gasteiger partial charge is 0.0363 e. The number of rotatable bonds is 7. The monoisotopic (exact) mass is 220 g/mol. The lowest BCUT2D eigenvalue weighted by molar-refractivity contribution is 0.492. The van der Waals surface area contributed by atoms with Gasteiger partial charge >= 0.3 is 0 Å². The van der Waals surface area contributed by atoms with Gasteiger partial charge < -0.3 is 10.2 Å². The normalized spacial score (nSPS) is 12.4. The number of para-hydroxylation sites is 1. The fourth-order valence-electron chi connectivity index (χ4n) is 1.94. The van der Waals surface area contributed by atoms with Gasteiger partial charge in [-0.15, -0.1) is 0 Å². The van der Waals surface area contributed by atoms with E-state index in [2.05, 4.69) is 61.6 Å². The number of nitrogens with zero attached hydrogens (tertiary/aromatic N) is 1. The Hall–Kier alpha value is -1.02. The summed E-state index contributed by atoms with van der Waals surface area (Å²) in [6.45, 7) is 3.37.